The Labute approximate surface area is 118 Å². The van der Waals surface area contributed by atoms with E-state index in [9.17, 15) is 9.59 Å². The molecule has 1 aromatic rings. The minimum atomic E-state index is -0.919. The Morgan fingerprint density at radius 3 is 2.65 bits per heavy atom. The lowest BCUT2D eigenvalue weighted by atomic mass is 9.99. The van der Waals surface area contributed by atoms with Crippen molar-refractivity contribution in [3.8, 4) is 0 Å². The monoisotopic (exact) mass is 277 g/mol. The average Bonchev–Trinajstić information content (AvgIpc) is 2.36. The van der Waals surface area contributed by atoms with E-state index in [1.807, 2.05) is 31.2 Å². The molecular formula is C15H19NO4. The molecule has 1 N–H and O–H groups in total. The van der Waals surface area contributed by atoms with Crippen molar-refractivity contribution in [2.75, 3.05) is 13.2 Å². The summed E-state index contributed by atoms with van der Waals surface area (Å²) < 4.78 is 5.40. The zero-order chi connectivity index (χ0) is 14.8. The molecular weight excluding hydrogens is 258 g/mol. The third-order valence-electron chi connectivity index (χ3n) is 3.44. The molecule has 1 aliphatic rings. The van der Waals surface area contributed by atoms with Crippen LogP contribution in [0.3, 0.4) is 0 Å². The Morgan fingerprint density at radius 1 is 1.40 bits per heavy atom. The minimum Gasteiger partial charge on any atom is -0.481 e. The second kappa shape index (κ2) is 5.63. The van der Waals surface area contributed by atoms with E-state index in [1.54, 1.807) is 11.8 Å². The maximum Gasteiger partial charge on any atom is 0.306 e. The van der Waals surface area contributed by atoms with Crippen molar-refractivity contribution in [1.82, 2.24) is 4.90 Å². The van der Waals surface area contributed by atoms with Crippen molar-refractivity contribution in [3.05, 3.63) is 35.4 Å². The fourth-order valence-corrected chi connectivity index (χ4v) is 2.35. The van der Waals surface area contributed by atoms with E-state index in [1.165, 1.54) is 0 Å². The molecule has 1 unspecified atom stereocenters. The second-order valence-corrected chi connectivity index (χ2v) is 5.54. The Balaban J connectivity index is 2.07. The molecule has 0 aliphatic carbocycles. The first-order valence-corrected chi connectivity index (χ1v) is 6.57. The van der Waals surface area contributed by atoms with E-state index in [2.05, 4.69) is 0 Å². The van der Waals surface area contributed by atoms with E-state index < -0.39 is 11.6 Å². The van der Waals surface area contributed by atoms with Crippen molar-refractivity contribution in [1.29, 1.82) is 0 Å². The van der Waals surface area contributed by atoms with Crippen molar-refractivity contribution in [2.24, 2.45) is 0 Å². The fraction of sp³-hybridized carbons (Fsp3) is 0.467. The lowest BCUT2D eigenvalue weighted by Gasteiger charge is -2.39. The van der Waals surface area contributed by atoms with Crippen LogP contribution in [0.4, 0.5) is 0 Å². The molecule has 1 amide bonds. The molecule has 0 saturated carbocycles. The van der Waals surface area contributed by atoms with Gasteiger partial charge in [-0.3, -0.25) is 9.59 Å². The molecule has 1 aliphatic heterocycles. The number of amides is 1. The molecule has 1 saturated heterocycles. The largest absolute Gasteiger partial charge is 0.481 e. The summed E-state index contributed by atoms with van der Waals surface area (Å²) in [5, 5.41) is 8.92. The molecule has 20 heavy (non-hydrogen) atoms. The van der Waals surface area contributed by atoms with Crippen molar-refractivity contribution in [3.63, 3.8) is 0 Å². The Bertz CT molecular complexity index is 511. The van der Waals surface area contributed by atoms with Gasteiger partial charge in [-0.1, -0.05) is 29.8 Å². The van der Waals surface area contributed by atoms with E-state index in [-0.39, 0.29) is 18.9 Å². The second-order valence-electron chi connectivity index (χ2n) is 5.54. The molecule has 108 valence electrons. The predicted octanol–water partition coefficient (Wildman–Crippen LogP) is 1.59. The summed E-state index contributed by atoms with van der Waals surface area (Å²) in [5.41, 5.74) is 1.38. The van der Waals surface area contributed by atoms with Gasteiger partial charge in [0.15, 0.2) is 0 Å². The summed E-state index contributed by atoms with van der Waals surface area (Å²) in [5.74, 6) is -1.02. The first kappa shape index (κ1) is 14.5. The van der Waals surface area contributed by atoms with Gasteiger partial charge in [-0.15, -0.1) is 0 Å². The summed E-state index contributed by atoms with van der Waals surface area (Å²) in [4.78, 5) is 24.4. The molecule has 1 fully saturated rings. The third-order valence-corrected chi connectivity index (χ3v) is 3.44. The predicted molar refractivity (Wildman–Crippen MR) is 73.2 cm³/mol. The van der Waals surface area contributed by atoms with E-state index in [0.29, 0.717) is 13.1 Å². The Morgan fingerprint density at radius 2 is 2.05 bits per heavy atom. The van der Waals surface area contributed by atoms with Gasteiger partial charge >= 0.3 is 5.97 Å². The number of aryl methyl sites for hydroxylation is 1. The van der Waals surface area contributed by atoms with Crippen LogP contribution in [0.15, 0.2) is 24.3 Å². The number of ether oxygens (including phenoxy) is 1. The van der Waals surface area contributed by atoms with Crippen molar-refractivity contribution >= 4 is 11.9 Å². The van der Waals surface area contributed by atoms with Gasteiger partial charge in [-0.2, -0.15) is 0 Å². The summed E-state index contributed by atoms with van der Waals surface area (Å²) in [6.07, 6.45) is -0.106. The van der Waals surface area contributed by atoms with Gasteiger partial charge in [0.25, 0.3) is 0 Å². The van der Waals surface area contributed by atoms with Crippen LogP contribution in [0.1, 0.15) is 24.5 Å². The molecule has 0 aromatic heterocycles. The topological polar surface area (TPSA) is 66.8 Å². The van der Waals surface area contributed by atoms with E-state index in [0.717, 1.165) is 11.1 Å². The van der Waals surface area contributed by atoms with Crippen LogP contribution in [0.2, 0.25) is 0 Å². The van der Waals surface area contributed by atoms with Gasteiger partial charge in [0.05, 0.1) is 18.6 Å². The molecule has 5 nitrogen and oxygen atoms in total. The molecule has 2 rings (SSSR count). The average molecular weight is 277 g/mol. The number of carbonyl (C=O) groups is 2. The summed E-state index contributed by atoms with van der Waals surface area (Å²) in [6, 6.07) is 7.95. The minimum absolute atomic E-state index is 0.0599. The van der Waals surface area contributed by atoms with E-state index >= 15 is 0 Å². The summed E-state index contributed by atoms with van der Waals surface area (Å²) in [6.45, 7) is 4.46. The fourth-order valence-electron chi connectivity index (χ4n) is 2.35. The lowest BCUT2D eigenvalue weighted by Crippen LogP contribution is -2.53. The number of hydrogen-bond donors (Lipinski definition) is 1. The number of morpholine rings is 1. The standard InChI is InChI=1S/C15H19NO4/c1-11-3-5-12(6-4-11)8-16-10-15(2,7-14(18)19)20-9-13(16)17/h3-6H,7-10H2,1-2H3,(H,18,19). The number of carboxylic acids is 1. The number of benzene rings is 1. The van der Waals surface area contributed by atoms with Gasteiger partial charge in [-0.05, 0) is 19.4 Å². The van der Waals surface area contributed by atoms with Crippen LogP contribution in [0, 0.1) is 6.92 Å². The van der Waals surface area contributed by atoms with Crippen molar-refractivity contribution in [2.45, 2.75) is 32.4 Å². The van der Waals surface area contributed by atoms with Crippen LogP contribution >= 0.6 is 0 Å². The smallest absolute Gasteiger partial charge is 0.306 e. The highest BCUT2D eigenvalue weighted by atomic mass is 16.5. The number of nitrogens with zero attached hydrogens (tertiary/aromatic N) is 1. The molecule has 0 radical (unpaired) electrons. The van der Waals surface area contributed by atoms with Gasteiger partial charge in [0.1, 0.15) is 6.61 Å². The van der Waals surface area contributed by atoms with Crippen LogP contribution in [-0.2, 0) is 20.9 Å². The van der Waals surface area contributed by atoms with Gasteiger partial charge in [-0.25, -0.2) is 0 Å². The number of carbonyl (C=O) groups excluding carboxylic acids is 1. The molecule has 1 atom stereocenters. The summed E-state index contributed by atoms with van der Waals surface area (Å²) >= 11 is 0. The van der Waals surface area contributed by atoms with Crippen molar-refractivity contribution < 1.29 is 19.4 Å². The maximum atomic E-state index is 11.9. The lowest BCUT2D eigenvalue weighted by molar-refractivity contribution is -0.169. The van der Waals surface area contributed by atoms with Crippen LogP contribution in [0.25, 0.3) is 0 Å². The first-order valence-electron chi connectivity index (χ1n) is 6.57. The first-order chi connectivity index (χ1) is 9.38. The highest BCUT2D eigenvalue weighted by Crippen LogP contribution is 2.23. The summed E-state index contributed by atoms with van der Waals surface area (Å²) in [7, 11) is 0. The van der Waals surface area contributed by atoms with Crippen LogP contribution in [-0.4, -0.2) is 40.6 Å². The molecule has 5 heteroatoms. The normalized spacial score (nSPS) is 22.9. The number of hydrogen-bond acceptors (Lipinski definition) is 3. The third kappa shape index (κ3) is 3.57. The quantitative estimate of drug-likeness (QED) is 0.907. The van der Waals surface area contributed by atoms with Gasteiger partial charge in [0, 0.05) is 6.54 Å². The van der Waals surface area contributed by atoms with Gasteiger partial charge < -0.3 is 14.7 Å². The molecule has 0 spiro atoms. The maximum absolute atomic E-state index is 11.9. The Kier molecular flexibility index (Phi) is 4.09. The molecule has 1 heterocycles. The highest BCUT2D eigenvalue weighted by molar-refractivity contribution is 5.79. The Hall–Kier alpha value is -1.88. The molecule has 1 aromatic carbocycles. The highest BCUT2D eigenvalue weighted by Gasteiger charge is 2.37. The zero-order valence-corrected chi connectivity index (χ0v) is 11.8. The SMILES string of the molecule is Cc1ccc(CN2CC(C)(CC(=O)O)OCC2=O)cc1. The van der Waals surface area contributed by atoms with Crippen LogP contribution in [0.5, 0.6) is 0 Å². The number of aliphatic carboxylic acids is 1. The van der Waals surface area contributed by atoms with E-state index in [4.69, 9.17) is 9.84 Å². The molecule has 0 bridgehead atoms. The van der Waals surface area contributed by atoms with Gasteiger partial charge in [0.2, 0.25) is 5.91 Å². The number of carboxylic acid groups (broad SMARTS) is 1. The van der Waals surface area contributed by atoms with Crippen LogP contribution < -0.4 is 0 Å². The number of rotatable bonds is 4. The zero-order valence-electron chi connectivity index (χ0n) is 11.8.